The van der Waals surface area contributed by atoms with Crippen LogP contribution in [-0.4, -0.2) is 12.6 Å². The summed E-state index contributed by atoms with van der Waals surface area (Å²) < 4.78 is 0. The van der Waals surface area contributed by atoms with Crippen molar-refractivity contribution in [2.75, 3.05) is 6.54 Å². The number of hydrogen-bond donors (Lipinski definition) is 1. The zero-order valence-corrected chi connectivity index (χ0v) is 4.73. The Balaban J connectivity index is 3.04. The van der Waals surface area contributed by atoms with E-state index in [2.05, 4.69) is 11.4 Å². The highest BCUT2D eigenvalue weighted by molar-refractivity contribution is 4.84. The summed E-state index contributed by atoms with van der Waals surface area (Å²) in [7, 11) is 0. The summed E-state index contributed by atoms with van der Waals surface area (Å²) in [5.74, 6) is 0. The predicted octanol–water partition coefficient (Wildman–Crippen LogP) is 0.508. The second kappa shape index (κ2) is 3.63. The summed E-state index contributed by atoms with van der Waals surface area (Å²) in [6.45, 7) is 4.69. The quantitative estimate of drug-likeness (QED) is 0.546. The molecular weight excluding hydrogens is 88.1 g/mol. The van der Waals surface area contributed by atoms with E-state index in [1.165, 1.54) is 0 Å². The molecule has 0 rings (SSSR count). The van der Waals surface area contributed by atoms with E-state index in [4.69, 9.17) is 5.26 Å². The van der Waals surface area contributed by atoms with Gasteiger partial charge in [-0.25, -0.2) is 0 Å². The molecule has 1 atom stereocenters. The lowest BCUT2D eigenvalue weighted by Crippen LogP contribution is -2.23. The number of rotatable bonds is 2. The highest BCUT2D eigenvalue weighted by Gasteiger charge is 1.90. The Kier molecular flexibility index (Phi) is 3.35. The second-order valence-electron chi connectivity index (χ2n) is 1.41. The molecule has 0 aliphatic carbocycles. The van der Waals surface area contributed by atoms with Crippen molar-refractivity contribution in [2.45, 2.75) is 19.9 Å². The van der Waals surface area contributed by atoms with Gasteiger partial charge in [-0.15, -0.1) is 0 Å². The van der Waals surface area contributed by atoms with Crippen molar-refractivity contribution in [3.8, 4) is 6.07 Å². The van der Waals surface area contributed by atoms with Gasteiger partial charge in [-0.05, 0) is 13.5 Å². The maximum absolute atomic E-state index is 8.15. The van der Waals surface area contributed by atoms with Crippen LogP contribution >= 0.6 is 0 Å². The number of hydrogen-bond acceptors (Lipinski definition) is 2. The monoisotopic (exact) mass is 98.1 g/mol. The Bertz CT molecular complexity index is 72.6. The van der Waals surface area contributed by atoms with Crippen LogP contribution in [0.4, 0.5) is 0 Å². The first-order valence-electron chi connectivity index (χ1n) is 2.44. The maximum atomic E-state index is 8.15. The first-order chi connectivity index (χ1) is 3.31. The van der Waals surface area contributed by atoms with Crippen LogP contribution in [0.2, 0.25) is 0 Å². The Morgan fingerprint density at radius 1 is 1.86 bits per heavy atom. The zero-order chi connectivity index (χ0) is 5.70. The molecule has 0 bridgehead atoms. The molecule has 0 heterocycles. The van der Waals surface area contributed by atoms with Crippen LogP contribution in [-0.2, 0) is 0 Å². The fourth-order valence-electron chi connectivity index (χ4n) is 0.352. The zero-order valence-electron chi connectivity index (χ0n) is 4.73. The fourth-order valence-corrected chi connectivity index (χ4v) is 0.352. The Labute approximate surface area is 44.1 Å². The van der Waals surface area contributed by atoms with E-state index in [-0.39, 0.29) is 6.04 Å². The molecule has 0 aromatic heterocycles. The SMILES string of the molecule is CCN[C@H](C)C#N. The van der Waals surface area contributed by atoms with Gasteiger partial charge in [0.15, 0.2) is 0 Å². The fraction of sp³-hybridized carbons (Fsp3) is 0.800. The minimum absolute atomic E-state index is 0.00463. The molecular formula is C5H10N2. The summed E-state index contributed by atoms with van der Waals surface area (Å²) in [6, 6.07) is 2.06. The van der Waals surface area contributed by atoms with Gasteiger partial charge in [0.2, 0.25) is 0 Å². The third-order valence-electron chi connectivity index (χ3n) is 0.704. The normalized spacial score (nSPS) is 12.7. The Morgan fingerprint density at radius 2 is 2.43 bits per heavy atom. The van der Waals surface area contributed by atoms with E-state index < -0.39 is 0 Å². The summed E-state index contributed by atoms with van der Waals surface area (Å²) >= 11 is 0. The third kappa shape index (κ3) is 3.28. The van der Waals surface area contributed by atoms with Gasteiger partial charge >= 0.3 is 0 Å². The van der Waals surface area contributed by atoms with E-state index in [9.17, 15) is 0 Å². The molecule has 2 heteroatoms. The molecule has 0 aromatic carbocycles. The molecule has 0 aliphatic heterocycles. The maximum Gasteiger partial charge on any atom is 0.0924 e. The molecule has 0 aliphatic rings. The highest BCUT2D eigenvalue weighted by Crippen LogP contribution is 1.71. The van der Waals surface area contributed by atoms with Gasteiger partial charge in [0.25, 0.3) is 0 Å². The van der Waals surface area contributed by atoms with Gasteiger partial charge in [-0.2, -0.15) is 5.26 Å². The number of nitrogens with zero attached hydrogens (tertiary/aromatic N) is 1. The van der Waals surface area contributed by atoms with Crippen LogP contribution in [0, 0.1) is 11.3 Å². The minimum Gasteiger partial charge on any atom is -0.302 e. The molecule has 7 heavy (non-hydrogen) atoms. The lowest BCUT2D eigenvalue weighted by molar-refractivity contribution is 0.670. The average Bonchev–Trinajstić information content (AvgIpc) is 1.68. The van der Waals surface area contributed by atoms with Crippen molar-refractivity contribution < 1.29 is 0 Å². The molecule has 0 spiro atoms. The molecule has 0 amide bonds. The molecule has 1 N–H and O–H groups in total. The van der Waals surface area contributed by atoms with Crippen molar-refractivity contribution in [1.29, 1.82) is 5.26 Å². The van der Waals surface area contributed by atoms with E-state index >= 15 is 0 Å². The first kappa shape index (κ1) is 6.45. The van der Waals surface area contributed by atoms with Gasteiger partial charge in [0.1, 0.15) is 0 Å². The molecule has 0 unspecified atom stereocenters. The van der Waals surface area contributed by atoms with E-state index in [0.29, 0.717) is 0 Å². The molecule has 0 saturated heterocycles. The summed E-state index contributed by atoms with van der Waals surface area (Å²) in [4.78, 5) is 0. The summed E-state index contributed by atoms with van der Waals surface area (Å²) in [6.07, 6.45) is 0. The van der Waals surface area contributed by atoms with Crippen molar-refractivity contribution >= 4 is 0 Å². The van der Waals surface area contributed by atoms with Crippen LogP contribution in [0.3, 0.4) is 0 Å². The third-order valence-corrected chi connectivity index (χ3v) is 0.704. The minimum atomic E-state index is 0.00463. The summed E-state index contributed by atoms with van der Waals surface area (Å²) in [5, 5.41) is 11.1. The van der Waals surface area contributed by atoms with Crippen molar-refractivity contribution in [3.05, 3.63) is 0 Å². The van der Waals surface area contributed by atoms with Crippen LogP contribution in [0.15, 0.2) is 0 Å². The van der Waals surface area contributed by atoms with Gasteiger partial charge < -0.3 is 5.32 Å². The summed E-state index contributed by atoms with van der Waals surface area (Å²) in [5.41, 5.74) is 0. The predicted molar refractivity (Wildman–Crippen MR) is 28.8 cm³/mol. The lowest BCUT2D eigenvalue weighted by atomic mass is 10.4. The largest absolute Gasteiger partial charge is 0.302 e. The average molecular weight is 98.1 g/mol. The smallest absolute Gasteiger partial charge is 0.0924 e. The Morgan fingerprint density at radius 3 is 2.57 bits per heavy atom. The molecule has 2 nitrogen and oxygen atoms in total. The molecule has 0 aromatic rings. The highest BCUT2D eigenvalue weighted by atomic mass is 14.9. The van der Waals surface area contributed by atoms with Gasteiger partial charge in [0.05, 0.1) is 12.1 Å². The van der Waals surface area contributed by atoms with Crippen molar-refractivity contribution in [2.24, 2.45) is 0 Å². The number of nitriles is 1. The number of nitrogens with one attached hydrogen (secondary N) is 1. The van der Waals surface area contributed by atoms with Crippen LogP contribution in [0.5, 0.6) is 0 Å². The molecule has 40 valence electrons. The van der Waals surface area contributed by atoms with Crippen LogP contribution in [0.25, 0.3) is 0 Å². The van der Waals surface area contributed by atoms with Gasteiger partial charge in [-0.3, -0.25) is 0 Å². The van der Waals surface area contributed by atoms with E-state index in [1.54, 1.807) is 0 Å². The Hall–Kier alpha value is -0.550. The van der Waals surface area contributed by atoms with Gasteiger partial charge in [0, 0.05) is 0 Å². The lowest BCUT2D eigenvalue weighted by Gasteiger charge is -1.97. The molecule has 0 saturated carbocycles. The molecule has 0 fully saturated rings. The second-order valence-corrected chi connectivity index (χ2v) is 1.41. The van der Waals surface area contributed by atoms with Gasteiger partial charge in [-0.1, -0.05) is 6.92 Å². The van der Waals surface area contributed by atoms with Crippen molar-refractivity contribution in [1.82, 2.24) is 5.32 Å². The van der Waals surface area contributed by atoms with Crippen LogP contribution < -0.4 is 5.32 Å². The van der Waals surface area contributed by atoms with E-state index in [0.717, 1.165) is 6.54 Å². The van der Waals surface area contributed by atoms with E-state index in [1.807, 2.05) is 13.8 Å². The topological polar surface area (TPSA) is 35.8 Å². The van der Waals surface area contributed by atoms with Crippen LogP contribution in [0.1, 0.15) is 13.8 Å². The molecule has 0 radical (unpaired) electrons. The first-order valence-corrected chi connectivity index (χ1v) is 2.44. The van der Waals surface area contributed by atoms with Crippen molar-refractivity contribution in [3.63, 3.8) is 0 Å². The standard InChI is InChI=1S/C5H10N2/c1-3-7-5(2)4-6/h5,7H,3H2,1-2H3/t5-/m1/s1.